The molecule has 1 aliphatic heterocycles. The quantitative estimate of drug-likeness (QED) is 0.142. The molecule has 8 atom stereocenters. The average molecular weight is 814 g/mol. The van der Waals surface area contributed by atoms with E-state index in [0.29, 0.717) is 51.2 Å². The third-order valence-corrected chi connectivity index (χ3v) is 12.4. The molecule has 58 heavy (non-hydrogen) atoms. The molecule has 7 rings (SSSR count). The number of hydrogen-bond donors (Lipinski definition) is 4. The number of benzene rings is 1. The Labute approximate surface area is 341 Å². The molecule has 2 aromatic heterocycles. The number of fused-ring (bicyclic) bond motifs is 2. The van der Waals surface area contributed by atoms with Crippen molar-refractivity contribution in [3.63, 3.8) is 0 Å². The second kappa shape index (κ2) is 15.7. The maximum absolute atomic E-state index is 14.7. The largest absolute Gasteiger partial charge is 0.488 e. The number of carboxylic acids is 1. The Morgan fingerprint density at radius 3 is 2.48 bits per heavy atom. The van der Waals surface area contributed by atoms with Gasteiger partial charge in [-0.15, -0.1) is 17.9 Å². The number of ether oxygens (including phenoxy) is 3. The van der Waals surface area contributed by atoms with Gasteiger partial charge in [-0.05, 0) is 75.8 Å². The van der Waals surface area contributed by atoms with Gasteiger partial charge in [0.15, 0.2) is 11.7 Å². The third kappa shape index (κ3) is 8.27. The molecule has 3 aliphatic carbocycles. The number of anilines is 1. The minimum Gasteiger partial charge on any atom is -0.488 e. The lowest BCUT2D eigenvalue weighted by molar-refractivity contribution is -0.146. The van der Waals surface area contributed by atoms with Gasteiger partial charge in [0.25, 0.3) is 0 Å². The van der Waals surface area contributed by atoms with Crippen LogP contribution in [-0.2, 0) is 19.1 Å². The number of likely N-dealkylation sites (tertiary alicyclic amines) is 1. The van der Waals surface area contributed by atoms with E-state index in [9.17, 15) is 29.5 Å². The summed E-state index contributed by atoms with van der Waals surface area (Å²) in [5.74, 6) is -0.736. The van der Waals surface area contributed by atoms with Gasteiger partial charge in [0.2, 0.25) is 11.8 Å². The predicted octanol–water partition coefficient (Wildman–Crippen LogP) is 5.82. The molecule has 3 heterocycles. The fourth-order valence-electron chi connectivity index (χ4n) is 8.33. The summed E-state index contributed by atoms with van der Waals surface area (Å²) in [6.45, 7) is 14.9. The number of aliphatic carboxylic acids is 1. The molecular weight excluding hydrogens is 763 g/mol. The molecule has 1 aromatic carbocycles. The molecule has 1 saturated heterocycles. The number of amides is 3. The predicted molar refractivity (Wildman–Crippen MR) is 216 cm³/mol. The van der Waals surface area contributed by atoms with Crippen LogP contribution in [0.25, 0.3) is 22.3 Å². The third-order valence-electron chi connectivity index (χ3n) is 11.6. The highest BCUT2D eigenvalue weighted by Gasteiger charge is 2.61. The molecule has 3 aromatic rings. The number of nitriles is 1. The molecule has 0 spiro atoms. The molecule has 3 amide bonds. The van der Waals surface area contributed by atoms with Gasteiger partial charge in [-0.2, -0.15) is 5.26 Å². The maximum atomic E-state index is 14.7. The van der Waals surface area contributed by atoms with Crippen LogP contribution in [0.15, 0.2) is 36.2 Å². The number of pyridine rings is 1. The highest BCUT2D eigenvalue weighted by molar-refractivity contribution is 7.14. The van der Waals surface area contributed by atoms with Gasteiger partial charge in [0, 0.05) is 40.8 Å². The zero-order chi connectivity index (χ0) is 41.7. The zero-order valence-electron chi connectivity index (χ0n) is 33.7. The number of hydrogen-bond acceptors (Lipinski definition) is 12. The molecule has 4 aliphatic rings. The molecule has 3 saturated carbocycles. The molecule has 0 unspecified atom stereocenters. The summed E-state index contributed by atoms with van der Waals surface area (Å²) >= 11 is 1.44. The van der Waals surface area contributed by atoms with E-state index in [0.717, 1.165) is 18.0 Å². The first-order valence-electron chi connectivity index (χ1n) is 19.8. The van der Waals surface area contributed by atoms with Crippen LogP contribution in [0.3, 0.4) is 0 Å². The average Bonchev–Trinajstić information content (AvgIpc) is 3.83. The lowest BCUT2D eigenvalue weighted by Gasteiger charge is -2.35. The summed E-state index contributed by atoms with van der Waals surface area (Å²) in [7, 11) is 0. The van der Waals surface area contributed by atoms with Crippen molar-refractivity contribution in [2.24, 2.45) is 23.2 Å². The van der Waals surface area contributed by atoms with Crippen molar-refractivity contribution in [2.75, 3.05) is 18.5 Å². The highest BCUT2D eigenvalue weighted by Crippen LogP contribution is 2.52. The van der Waals surface area contributed by atoms with E-state index < -0.39 is 58.9 Å². The standard InChI is InChI=1S/C42H51N7O8S/c1-8-25-18-42(25,38(52)53)48-36(50)31-16-27(19-49(31)37(51)35(41(5,6)7)47-40(54)57-26-14-23-13-24(23)15-26)56-33-17-29(30-20-58-39(46-30)44-21(2)3)45-34-22(4)32(55-12-11-43)10-9-28(33)34/h8-10,17,20-21,23-27,31,35H,1,12-16,18-19H2,2-7H3,(H,44,46)(H,47,54)(H,48,50)(H,52,53)/t23-,24+,25-,26+,27-,31+,35-,42-/m1/s1. The lowest BCUT2D eigenvalue weighted by atomic mass is 9.85. The van der Waals surface area contributed by atoms with Crippen LogP contribution < -0.4 is 25.4 Å². The number of rotatable bonds is 14. The highest BCUT2D eigenvalue weighted by atomic mass is 32.1. The van der Waals surface area contributed by atoms with Crippen LogP contribution in [-0.4, -0.2) is 92.9 Å². The van der Waals surface area contributed by atoms with Crippen molar-refractivity contribution in [1.29, 1.82) is 5.26 Å². The Hall–Kier alpha value is -5.43. The summed E-state index contributed by atoms with van der Waals surface area (Å²) in [6, 6.07) is 5.23. The van der Waals surface area contributed by atoms with Gasteiger partial charge in [0.1, 0.15) is 53.1 Å². The number of alkyl carbamates (subject to hydrolysis) is 1. The van der Waals surface area contributed by atoms with Crippen molar-refractivity contribution in [1.82, 2.24) is 25.5 Å². The van der Waals surface area contributed by atoms with Gasteiger partial charge in [-0.25, -0.2) is 19.6 Å². The van der Waals surface area contributed by atoms with Gasteiger partial charge in [-0.3, -0.25) is 9.59 Å². The van der Waals surface area contributed by atoms with Gasteiger partial charge >= 0.3 is 12.1 Å². The number of carbonyl (C=O) groups excluding carboxylic acids is 3. The number of aryl methyl sites for hydroxylation is 1. The smallest absolute Gasteiger partial charge is 0.408 e. The van der Waals surface area contributed by atoms with E-state index in [1.807, 2.05) is 53.0 Å². The van der Waals surface area contributed by atoms with Crippen LogP contribution in [0, 0.1) is 41.4 Å². The molecule has 4 N–H and O–H groups in total. The number of nitrogens with one attached hydrogen (secondary N) is 3. The van der Waals surface area contributed by atoms with Crippen LogP contribution in [0.4, 0.5) is 9.93 Å². The van der Waals surface area contributed by atoms with Gasteiger partial charge in [-0.1, -0.05) is 26.8 Å². The number of carbonyl (C=O) groups is 4. The normalized spacial score (nSPS) is 26.3. The van der Waals surface area contributed by atoms with Crippen molar-refractivity contribution < 1.29 is 38.5 Å². The van der Waals surface area contributed by atoms with E-state index >= 15 is 0 Å². The Bertz CT molecular complexity index is 2170. The van der Waals surface area contributed by atoms with Crippen LogP contribution in [0.1, 0.15) is 72.3 Å². The number of nitrogens with zero attached hydrogens (tertiary/aromatic N) is 4. The Morgan fingerprint density at radius 1 is 1.10 bits per heavy atom. The van der Waals surface area contributed by atoms with E-state index in [4.69, 9.17) is 24.2 Å². The summed E-state index contributed by atoms with van der Waals surface area (Å²) < 4.78 is 18.2. The number of carboxylic acid groups (broad SMARTS) is 1. The molecule has 0 radical (unpaired) electrons. The number of aromatic nitrogens is 2. The number of thiazole rings is 1. The van der Waals surface area contributed by atoms with E-state index in [1.165, 1.54) is 28.7 Å². The lowest BCUT2D eigenvalue weighted by Crippen LogP contribution is -2.59. The maximum Gasteiger partial charge on any atom is 0.408 e. The summed E-state index contributed by atoms with van der Waals surface area (Å²) in [6.07, 6.45) is 2.86. The minimum atomic E-state index is -1.53. The second-order valence-corrected chi connectivity index (χ2v) is 18.2. The van der Waals surface area contributed by atoms with E-state index in [-0.39, 0.29) is 38.1 Å². The van der Waals surface area contributed by atoms with Crippen LogP contribution in [0.2, 0.25) is 0 Å². The molecule has 15 nitrogen and oxygen atoms in total. The van der Waals surface area contributed by atoms with Crippen LogP contribution >= 0.6 is 11.3 Å². The van der Waals surface area contributed by atoms with Crippen molar-refractivity contribution in [3.8, 4) is 29.0 Å². The molecule has 308 valence electrons. The van der Waals surface area contributed by atoms with Crippen molar-refractivity contribution in [2.45, 2.75) is 110 Å². The summed E-state index contributed by atoms with van der Waals surface area (Å²) in [5.41, 5.74) is 0.0170. The monoisotopic (exact) mass is 813 g/mol. The second-order valence-electron chi connectivity index (χ2n) is 17.4. The van der Waals surface area contributed by atoms with Gasteiger partial charge < -0.3 is 40.2 Å². The van der Waals surface area contributed by atoms with Crippen molar-refractivity contribution >= 4 is 51.2 Å². The summed E-state index contributed by atoms with van der Waals surface area (Å²) in [4.78, 5) is 65.7. The van der Waals surface area contributed by atoms with Crippen LogP contribution in [0.5, 0.6) is 11.5 Å². The minimum absolute atomic E-state index is 0.0266. The molecular formula is C42H51N7O8S. The Morgan fingerprint density at radius 2 is 1.84 bits per heavy atom. The van der Waals surface area contributed by atoms with Crippen molar-refractivity contribution in [3.05, 3.63) is 41.8 Å². The molecule has 4 fully saturated rings. The summed E-state index contributed by atoms with van der Waals surface area (Å²) in [5, 5.41) is 31.4. The first-order valence-corrected chi connectivity index (χ1v) is 20.7. The zero-order valence-corrected chi connectivity index (χ0v) is 34.5. The van der Waals surface area contributed by atoms with E-state index in [1.54, 1.807) is 18.2 Å². The SMILES string of the molecule is C=C[C@@H]1C[C@]1(NC(=O)[C@@H]1C[C@@H](Oc2cc(-c3csc(NC(C)C)n3)nc3c(C)c(OCC#N)ccc23)CN1C(=O)[C@@H](NC(=O)O[C@@H]1C[C@@H]2C[C@@H]2C1)C(C)(C)C)C(=O)O. The Balaban J connectivity index is 1.21. The first-order chi connectivity index (χ1) is 27.5. The van der Waals surface area contributed by atoms with E-state index in [2.05, 4.69) is 22.5 Å². The Kier molecular flexibility index (Phi) is 11.1. The molecule has 0 bridgehead atoms. The topological polar surface area (TPSA) is 205 Å². The fraction of sp³-hybridized carbons (Fsp3) is 0.548. The molecule has 16 heteroatoms. The first kappa shape index (κ1) is 40.8. The van der Waals surface area contributed by atoms with Gasteiger partial charge in [0.05, 0.1) is 17.8 Å². The fourth-order valence-corrected chi connectivity index (χ4v) is 9.18.